The van der Waals surface area contributed by atoms with Crippen LogP contribution in [0, 0.1) is 28.9 Å². The van der Waals surface area contributed by atoms with Crippen molar-refractivity contribution in [1.29, 1.82) is 0 Å². The third-order valence-corrected chi connectivity index (χ3v) is 8.68. The molecule has 0 bridgehead atoms. The summed E-state index contributed by atoms with van der Waals surface area (Å²) < 4.78 is 27.7. The van der Waals surface area contributed by atoms with E-state index < -0.39 is 11.6 Å². The number of halogens is 2. The first-order valence-corrected chi connectivity index (χ1v) is 13.9. The smallest absolute Gasteiger partial charge is 0.204 e. The third-order valence-electron chi connectivity index (χ3n) is 8.68. The zero-order valence-corrected chi connectivity index (χ0v) is 22.5. The van der Waals surface area contributed by atoms with Gasteiger partial charge in [0, 0.05) is 44.4 Å². The van der Waals surface area contributed by atoms with Crippen LogP contribution >= 0.6 is 0 Å². The van der Waals surface area contributed by atoms with Gasteiger partial charge in [0.25, 0.3) is 0 Å². The predicted molar refractivity (Wildman–Crippen MR) is 147 cm³/mol. The van der Waals surface area contributed by atoms with Crippen molar-refractivity contribution >= 4 is 17.0 Å². The van der Waals surface area contributed by atoms with Gasteiger partial charge in [-0.05, 0) is 89.0 Å². The highest BCUT2D eigenvalue weighted by atomic mass is 19.2. The van der Waals surface area contributed by atoms with Gasteiger partial charge in [0.15, 0.2) is 11.6 Å². The minimum Gasteiger partial charge on any atom is -0.339 e. The van der Waals surface area contributed by atoms with Gasteiger partial charge in [-0.15, -0.1) is 0 Å². The number of allylic oxidation sites excluding steroid dienone is 2. The Labute approximate surface area is 219 Å². The van der Waals surface area contributed by atoms with Crippen LogP contribution in [0.15, 0.2) is 35.9 Å². The van der Waals surface area contributed by atoms with Crippen molar-refractivity contribution in [3.05, 3.63) is 47.6 Å². The Bertz CT molecular complexity index is 1100. The summed E-state index contributed by atoms with van der Waals surface area (Å²) in [6, 6.07) is 2.81. The lowest BCUT2D eigenvalue weighted by Crippen LogP contribution is -2.42. The number of nitrogens with zero attached hydrogens (tertiary/aromatic N) is 3. The second-order valence-electron chi connectivity index (χ2n) is 11.5. The van der Waals surface area contributed by atoms with Gasteiger partial charge in [-0.3, -0.25) is 0 Å². The van der Waals surface area contributed by atoms with Crippen molar-refractivity contribution in [3.63, 3.8) is 0 Å². The molecule has 1 heterocycles. The third kappa shape index (κ3) is 5.76. The number of rotatable bonds is 12. The summed E-state index contributed by atoms with van der Waals surface area (Å²) in [4.78, 5) is 12.6. The highest BCUT2D eigenvalue weighted by Gasteiger charge is 2.60. The fourth-order valence-electron chi connectivity index (χ4n) is 6.75. The zero-order chi connectivity index (χ0) is 26.0. The van der Waals surface area contributed by atoms with E-state index >= 15 is 0 Å². The average molecular weight is 513 g/mol. The van der Waals surface area contributed by atoms with Crippen LogP contribution in [-0.2, 0) is 0 Å². The SMILES string of the molecule is CNCCNCCCN(c1nc2cc(F)c(F)cc2[nH]1)[C@@H]1CC[C@]2(C3C=C(CN(C)C)C=CC3)CC2C1. The largest absolute Gasteiger partial charge is 0.339 e. The molecule has 4 atom stereocenters. The molecule has 8 heteroatoms. The van der Waals surface area contributed by atoms with Crippen molar-refractivity contribution in [1.82, 2.24) is 25.5 Å². The summed E-state index contributed by atoms with van der Waals surface area (Å²) in [7, 11) is 6.22. The monoisotopic (exact) mass is 512 g/mol. The highest BCUT2D eigenvalue weighted by Crippen LogP contribution is 2.67. The Kier molecular flexibility index (Phi) is 7.98. The van der Waals surface area contributed by atoms with Crippen molar-refractivity contribution in [3.8, 4) is 0 Å². The van der Waals surface area contributed by atoms with E-state index in [4.69, 9.17) is 4.98 Å². The van der Waals surface area contributed by atoms with Gasteiger partial charge in [-0.1, -0.05) is 18.2 Å². The summed E-state index contributed by atoms with van der Waals surface area (Å²) in [5.74, 6) is 0.416. The van der Waals surface area contributed by atoms with Crippen molar-refractivity contribution < 1.29 is 8.78 Å². The van der Waals surface area contributed by atoms with Crippen molar-refractivity contribution in [2.45, 2.75) is 44.6 Å². The number of aromatic amines is 1. The van der Waals surface area contributed by atoms with E-state index in [2.05, 4.69) is 57.7 Å². The minimum absolute atomic E-state index is 0.387. The zero-order valence-electron chi connectivity index (χ0n) is 22.5. The first-order valence-electron chi connectivity index (χ1n) is 13.9. The second-order valence-corrected chi connectivity index (χ2v) is 11.5. The summed E-state index contributed by atoms with van der Waals surface area (Å²) >= 11 is 0. The maximum Gasteiger partial charge on any atom is 0.204 e. The molecule has 1 aromatic carbocycles. The number of fused-ring (bicyclic) bond motifs is 2. The Morgan fingerprint density at radius 3 is 2.78 bits per heavy atom. The molecule has 3 N–H and O–H groups in total. The van der Waals surface area contributed by atoms with Gasteiger partial charge in [-0.25, -0.2) is 13.8 Å². The Hall–Kier alpha value is -2.29. The van der Waals surface area contributed by atoms with E-state index in [9.17, 15) is 8.78 Å². The molecule has 2 aromatic rings. The van der Waals surface area contributed by atoms with Crippen LogP contribution in [0.25, 0.3) is 11.0 Å². The molecule has 2 saturated carbocycles. The number of benzene rings is 1. The molecule has 3 aliphatic carbocycles. The summed E-state index contributed by atoms with van der Waals surface area (Å²) in [5, 5.41) is 6.65. The summed E-state index contributed by atoms with van der Waals surface area (Å²) in [6.45, 7) is 4.67. The summed E-state index contributed by atoms with van der Waals surface area (Å²) in [5.41, 5.74) is 2.92. The van der Waals surface area contributed by atoms with Crippen LogP contribution in [0.3, 0.4) is 0 Å². The first-order chi connectivity index (χ1) is 17.9. The van der Waals surface area contributed by atoms with E-state index in [1.807, 2.05) is 7.05 Å². The molecule has 202 valence electrons. The molecule has 3 aliphatic rings. The van der Waals surface area contributed by atoms with E-state index in [0.717, 1.165) is 70.3 Å². The Morgan fingerprint density at radius 1 is 1.16 bits per heavy atom. The molecular weight excluding hydrogens is 470 g/mol. The van der Waals surface area contributed by atoms with Gasteiger partial charge in [0.2, 0.25) is 5.95 Å². The number of likely N-dealkylation sites (N-methyl/N-ethyl adjacent to an activating group) is 2. The molecule has 0 spiro atoms. The van der Waals surface area contributed by atoms with Gasteiger partial charge >= 0.3 is 0 Å². The number of anilines is 1. The van der Waals surface area contributed by atoms with Gasteiger partial charge in [-0.2, -0.15) is 0 Å². The maximum absolute atomic E-state index is 13.9. The van der Waals surface area contributed by atoms with Crippen LogP contribution < -0.4 is 15.5 Å². The molecule has 0 saturated heterocycles. The van der Waals surface area contributed by atoms with Crippen LogP contribution in [0.4, 0.5) is 14.7 Å². The molecular formula is C29H42F2N6. The van der Waals surface area contributed by atoms with Gasteiger partial charge in [0.05, 0.1) is 11.0 Å². The van der Waals surface area contributed by atoms with Gasteiger partial charge < -0.3 is 25.4 Å². The molecule has 0 amide bonds. The average Bonchev–Trinajstić information content (AvgIpc) is 3.49. The summed E-state index contributed by atoms with van der Waals surface area (Å²) in [6.07, 6.45) is 14.2. The van der Waals surface area contributed by atoms with Crippen molar-refractivity contribution in [2.24, 2.45) is 17.3 Å². The number of imidazole rings is 1. The van der Waals surface area contributed by atoms with Crippen LogP contribution in [0.2, 0.25) is 0 Å². The Morgan fingerprint density at radius 2 is 2.00 bits per heavy atom. The molecule has 2 unspecified atom stereocenters. The number of nitrogens with one attached hydrogen (secondary N) is 3. The van der Waals surface area contributed by atoms with E-state index in [1.165, 1.54) is 30.5 Å². The highest BCUT2D eigenvalue weighted by molar-refractivity contribution is 5.77. The van der Waals surface area contributed by atoms with Crippen LogP contribution in [0.5, 0.6) is 0 Å². The van der Waals surface area contributed by atoms with Crippen molar-refractivity contribution in [2.75, 3.05) is 58.8 Å². The lowest BCUT2D eigenvalue weighted by Gasteiger charge is -2.39. The quantitative estimate of drug-likeness (QED) is 0.367. The van der Waals surface area contributed by atoms with Crippen LogP contribution in [0.1, 0.15) is 38.5 Å². The first kappa shape index (κ1) is 26.3. The molecule has 5 rings (SSSR count). The lowest BCUT2D eigenvalue weighted by atomic mass is 9.73. The minimum atomic E-state index is -0.852. The Balaban J connectivity index is 1.29. The van der Waals surface area contributed by atoms with E-state index in [-0.39, 0.29) is 0 Å². The molecule has 0 aliphatic heterocycles. The number of aromatic nitrogens is 2. The molecule has 37 heavy (non-hydrogen) atoms. The normalized spacial score (nSPS) is 27.0. The predicted octanol–water partition coefficient (Wildman–Crippen LogP) is 4.47. The number of hydrogen-bond acceptors (Lipinski definition) is 5. The van der Waals surface area contributed by atoms with Crippen LogP contribution in [-0.4, -0.2) is 74.8 Å². The molecule has 0 radical (unpaired) electrons. The number of H-pyrrole nitrogens is 1. The maximum atomic E-state index is 13.9. The topological polar surface area (TPSA) is 59.2 Å². The second kappa shape index (κ2) is 11.2. The lowest BCUT2D eigenvalue weighted by molar-refractivity contribution is 0.236. The van der Waals surface area contributed by atoms with E-state index in [1.54, 1.807) is 0 Å². The molecule has 6 nitrogen and oxygen atoms in total. The van der Waals surface area contributed by atoms with E-state index in [0.29, 0.717) is 28.4 Å². The molecule has 1 aromatic heterocycles. The standard InChI is InChI=1S/C29H42F2N6/c1-32-11-12-33-10-5-13-37(28-34-26-16-24(30)25(31)17-27(26)35-28)23-8-9-29(18-22(29)15-23)21-7-4-6-20(14-21)19-36(2)3/h4,6,14,16-17,21-23,32-33H,5,7-13,15,18-19H2,1-3H3,(H,34,35)/t21?,22?,23-,29-/m1/s1. The number of hydrogen-bond donors (Lipinski definition) is 3. The fraction of sp³-hybridized carbons (Fsp3) is 0.621. The van der Waals surface area contributed by atoms with Gasteiger partial charge in [0.1, 0.15) is 0 Å². The molecule has 2 fully saturated rings. The fourth-order valence-corrected chi connectivity index (χ4v) is 6.75.